The van der Waals surface area contributed by atoms with Gasteiger partial charge in [-0.25, -0.2) is 9.97 Å². The van der Waals surface area contributed by atoms with Crippen LogP contribution in [0.3, 0.4) is 0 Å². The van der Waals surface area contributed by atoms with E-state index in [1.165, 1.54) is 18.1 Å². The Hall–Kier alpha value is -2.97. The van der Waals surface area contributed by atoms with Crippen molar-refractivity contribution in [3.05, 3.63) is 65.4 Å². The van der Waals surface area contributed by atoms with Gasteiger partial charge in [-0.3, -0.25) is 4.79 Å². The number of hydrogen-bond donors (Lipinski definition) is 0. The molecule has 0 aliphatic rings. The van der Waals surface area contributed by atoms with Crippen molar-refractivity contribution >= 4 is 40.3 Å². The molecule has 2 aromatic carbocycles. The van der Waals surface area contributed by atoms with E-state index in [1.807, 2.05) is 24.3 Å². The second kappa shape index (κ2) is 7.95. The van der Waals surface area contributed by atoms with Crippen molar-refractivity contribution in [2.75, 3.05) is 12.9 Å². The number of ketones is 1. The highest BCUT2D eigenvalue weighted by Gasteiger charge is 2.15. The molecule has 2 aromatic heterocycles. The third kappa shape index (κ3) is 3.69. The minimum atomic E-state index is -0.0176. The van der Waals surface area contributed by atoms with Gasteiger partial charge in [-0.1, -0.05) is 28.6 Å². The van der Waals surface area contributed by atoms with Crippen molar-refractivity contribution in [1.82, 2.24) is 25.0 Å². The van der Waals surface area contributed by atoms with E-state index >= 15 is 0 Å². The van der Waals surface area contributed by atoms with Gasteiger partial charge in [-0.15, -0.1) is 5.10 Å². The summed E-state index contributed by atoms with van der Waals surface area (Å²) in [5, 5.41) is 9.59. The van der Waals surface area contributed by atoms with Gasteiger partial charge in [-0.05, 0) is 48.5 Å². The first-order valence-corrected chi connectivity index (χ1v) is 9.64. The normalized spacial score (nSPS) is 10.9. The molecule has 0 amide bonds. The molecule has 28 heavy (non-hydrogen) atoms. The second-order valence-corrected chi connectivity index (χ2v) is 7.17. The Morgan fingerprint density at radius 3 is 2.57 bits per heavy atom. The second-order valence-electron chi connectivity index (χ2n) is 5.77. The number of carbonyl (C=O) groups is 1. The summed E-state index contributed by atoms with van der Waals surface area (Å²) in [6.45, 7) is 0. The lowest BCUT2D eigenvalue weighted by atomic mass is 10.1. The summed E-state index contributed by atoms with van der Waals surface area (Å²) in [6, 6.07) is 14.2. The molecule has 0 unspecified atom stereocenters. The summed E-state index contributed by atoms with van der Waals surface area (Å²) < 4.78 is 6.80. The number of halogens is 1. The fourth-order valence-corrected chi connectivity index (χ4v) is 3.54. The predicted octanol–water partition coefficient (Wildman–Crippen LogP) is 3.85. The molecule has 9 heteroatoms. The summed E-state index contributed by atoms with van der Waals surface area (Å²) in [5.74, 6) is 0.957. The van der Waals surface area contributed by atoms with Crippen LogP contribution in [0.15, 0.2) is 59.9 Å². The lowest BCUT2D eigenvalue weighted by molar-refractivity contribution is 0.102. The van der Waals surface area contributed by atoms with Gasteiger partial charge >= 0.3 is 0 Å². The molecule has 0 radical (unpaired) electrons. The number of thioether (sulfide) groups is 1. The number of carbonyl (C=O) groups excluding carboxylic acids is 1. The number of aromatic nitrogens is 5. The largest absolute Gasteiger partial charge is 0.497 e. The highest BCUT2D eigenvalue weighted by atomic mass is 35.5. The molecule has 0 atom stereocenters. The van der Waals surface area contributed by atoms with E-state index in [4.69, 9.17) is 16.3 Å². The van der Waals surface area contributed by atoms with Gasteiger partial charge in [-0.2, -0.15) is 4.68 Å². The van der Waals surface area contributed by atoms with Crippen molar-refractivity contribution in [1.29, 1.82) is 0 Å². The van der Waals surface area contributed by atoms with E-state index in [1.54, 1.807) is 36.1 Å². The van der Waals surface area contributed by atoms with Crippen LogP contribution in [0.2, 0.25) is 5.02 Å². The Morgan fingerprint density at radius 1 is 1.11 bits per heavy atom. The smallest absolute Gasteiger partial charge is 0.187 e. The minimum absolute atomic E-state index is 0.0176. The maximum Gasteiger partial charge on any atom is 0.187 e. The summed E-state index contributed by atoms with van der Waals surface area (Å²) in [7, 11) is 1.61. The molecule has 0 saturated heterocycles. The molecule has 4 rings (SSSR count). The molecule has 0 aliphatic heterocycles. The van der Waals surface area contributed by atoms with Crippen LogP contribution in [0.4, 0.5) is 0 Å². The first-order valence-electron chi connectivity index (χ1n) is 8.28. The van der Waals surface area contributed by atoms with E-state index in [9.17, 15) is 4.79 Å². The molecule has 4 aromatic rings. The molecular weight excluding hydrogens is 398 g/mol. The van der Waals surface area contributed by atoms with E-state index in [0.717, 1.165) is 11.4 Å². The van der Waals surface area contributed by atoms with Gasteiger partial charge in [0.05, 0.1) is 18.6 Å². The SMILES string of the molecule is COc1ccc(-n2nnc3c(SCC(=O)c4ccc(Cl)cc4)ncnc32)cc1. The zero-order valence-corrected chi connectivity index (χ0v) is 16.3. The summed E-state index contributed by atoms with van der Waals surface area (Å²) in [6.07, 6.45) is 1.45. The summed E-state index contributed by atoms with van der Waals surface area (Å²) >= 11 is 7.17. The first kappa shape index (κ1) is 18.4. The summed E-state index contributed by atoms with van der Waals surface area (Å²) in [4.78, 5) is 21.0. The van der Waals surface area contributed by atoms with Gasteiger partial charge in [0.1, 0.15) is 17.1 Å². The number of benzene rings is 2. The first-order chi connectivity index (χ1) is 13.7. The van der Waals surface area contributed by atoms with Crippen LogP contribution in [-0.2, 0) is 0 Å². The van der Waals surface area contributed by atoms with Gasteiger partial charge in [0.25, 0.3) is 0 Å². The molecule has 0 bridgehead atoms. The Labute approximate surface area is 169 Å². The van der Waals surface area contributed by atoms with Crippen LogP contribution < -0.4 is 4.74 Å². The quantitative estimate of drug-likeness (QED) is 0.271. The van der Waals surface area contributed by atoms with Crippen LogP contribution in [0, 0.1) is 0 Å². The lowest BCUT2D eigenvalue weighted by Crippen LogP contribution is -2.03. The molecule has 140 valence electrons. The highest BCUT2D eigenvalue weighted by Crippen LogP contribution is 2.25. The maximum absolute atomic E-state index is 12.4. The zero-order chi connectivity index (χ0) is 19.5. The van der Waals surface area contributed by atoms with Crippen molar-refractivity contribution in [3.63, 3.8) is 0 Å². The molecule has 7 nitrogen and oxygen atoms in total. The Bertz CT molecular complexity index is 1130. The van der Waals surface area contributed by atoms with Gasteiger partial charge < -0.3 is 4.74 Å². The van der Waals surface area contributed by atoms with Gasteiger partial charge in [0.15, 0.2) is 16.9 Å². The van der Waals surface area contributed by atoms with Crippen LogP contribution in [0.25, 0.3) is 16.9 Å². The molecule has 0 aliphatic carbocycles. The number of Topliss-reactive ketones (excluding diaryl/α,β-unsaturated/α-hetero) is 1. The third-order valence-electron chi connectivity index (χ3n) is 4.03. The molecule has 0 N–H and O–H groups in total. The van der Waals surface area contributed by atoms with Crippen molar-refractivity contribution < 1.29 is 9.53 Å². The molecule has 0 spiro atoms. The molecule has 0 fully saturated rings. The van der Waals surface area contributed by atoms with Crippen LogP contribution in [-0.4, -0.2) is 43.6 Å². The zero-order valence-electron chi connectivity index (χ0n) is 14.7. The van der Waals surface area contributed by atoms with Crippen LogP contribution in [0.1, 0.15) is 10.4 Å². The van der Waals surface area contributed by atoms with E-state index in [0.29, 0.717) is 26.8 Å². The number of hydrogen-bond acceptors (Lipinski definition) is 7. The fraction of sp³-hybridized carbons (Fsp3) is 0.105. The number of ether oxygens (including phenoxy) is 1. The molecule has 2 heterocycles. The van der Waals surface area contributed by atoms with Crippen molar-refractivity contribution in [2.24, 2.45) is 0 Å². The molecule has 0 saturated carbocycles. The Kier molecular flexibility index (Phi) is 5.23. The maximum atomic E-state index is 12.4. The van der Waals surface area contributed by atoms with Crippen LogP contribution >= 0.6 is 23.4 Å². The fourth-order valence-electron chi connectivity index (χ4n) is 2.58. The Balaban J connectivity index is 1.57. The average Bonchev–Trinajstić information content (AvgIpc) is 3.17. The van der Waals surface area contributed by atoms with E-state index < -0.39 is 0 Å². The predicted molar refractivity (Wildman–Crippen MR) is 108 cm³/mol. The highest BCUT2D eigenvalue weighted by molar-refractivity contribution is 8.00. The van der Waals surface area contributed by atoms with Crippen molar-refractivity contribution in [3.8, 4) is 11.4 Å². The number of methoxy groups -OCH3 is 1. The number of fused-ring (bicyclic) bond motifs is 1. The van der Waals surface area contributed by atoms with E-state index in [2.05, 4.69) is 20.3 Å². The topological polar surface area (TPSA) is 82.8 Å². The number of nitrogens with zero attached hydrogens (tertiary/aromatic N) is 5. The van der Waals surface area contributed by atoms with E-state index in [-0.39, 0.29) is 11.5 Å². The minimum Gasteiger partial charge on any atom is -0.497 e. The van der Waals surface area contributed by atoms with Gasteiger partial charge in [0.2, 0.25) is 0 Å². The standard InChI is InChI=1S/C19H14ClN5O2S/c1-27-15-8-6-14(7-9-15)25-18-17(23-24-25)19(22-11-21-18)28-10-16(26)12-2-4-13(20)5-3-12/h2-9,11H,10H2,1H3. The average molecular weight is 412 g/mol. The lowest BCUT2D eigenvalue weighted by Gasteiger charge is -2.04. The number of rotatable bonds is 6. The van der Waals surface area contributed by atoms with Crippen molar-refractivity contribution in [2.45, 2.75) is 5.03 Å². The third-order valence-corrected chi connectivity index (χ3v) is 5.26. The Morgan fingerprint density at radius 2 is 1.86 bits per heavy atom. The van der Waals surface area contributed by atoms with Crippen LogP contribution in [0.5, 0.6) is 5.75 Å². The monoisotopic (exact) mass is 411 g/mol. The molecular formula is C19H14ClN5O2S. The van der Waals surface area contributed by atoms with Gasteiger partial charge in [0, 0.05) is 10.6 Å². The summed E-state index contributed by atoms with van der Waals surface area (Å²) in [5.41, 5.74) is 2.52.